The molecule has 3 rings (SSSR count). The Bertz CT molecular complexity index is 941. The van der Waals surface area contributed by atoms with Crippen LogP contribution in [0.3, 0.4) is 0 Å². The maximum absolute atomic E-state index is 12.7. The average Bonchev–Trinajstić information content (AvgIpc) is 3.15. The van der Waals surface area contributed by atoms with Gasteiger partial charge < -0.3 is 8.98 Å². The number of hydrogen-bond acceptors (Lipinski definition) is 5. The minimum atomic E-state index is -3.65. The number of hydrogen-bond donors (Lipinski definition) is 0. The fourth-order valence-corrected chi connectivity index (χ4v) is 3.76. The van der Waals surface area contributed by atoms with Crippen LogP contribution < -0.4 is 0 Å². The van der Waals surface area contributed by atoms with Crippen molar-refractivity contribution in [1.82, 2.24) is 14.5 Å². The first-order valence-electron chi connectivity index (χ1n) is 7.63. The van der Waals surface area contributed by atoms with E-state index in [1.54, 1.807) is 24.0 Å². The Morgan fingerprint density at radius 1 is 1.12 bits per heavy atom. The van der Waals surface area contributed by atoms with E-state index in [9.17, 15) is 8.42 Å². The van der Waals surface area contributed by atoms with Crippen molar-refractivity contribution in [2.45, 2.75) is 30.7 Å². The summed E-state index contributed by atoms with van der Waals surface area (Å²) in [6.07, 6.45) is 3.14. The third-order valence-corrected chi connectivity index (χ3v) is 5.31. The Kier molecular flexibility index (Phi) is 4.28. The van der Waals surface area contributed by atoms with E-state index in [1.807, 2.05) is 44.2 Å². The normalized spacial score (nSPS) is 12.0. The summed E-state index contributed by atoms with van der Waals surface area (Å²) in [7, 11) is -1.96. The number of nitrogens with zero attached hydrogens (tertiary/aromatic N) is 3. The lowest BCUT2D eigenvalue weighted by Gasteiger charge is -2.06. The van der Waals surface area contributed by atoms with Gasteiger partial charge >= 0.3 is 0 Å². The average molecular weight is 345 g/mol. The van der Waals surface area contributed by atoms with Gasteiger partial charge in [0.05, 0.1) is 18.1 Å². The van der Waals surface area contributed by atoms with Crippen molar-refractivity contribution in [2.24, 2.45) is 7.05 Å². The van der Waals surface area contributed by atoms with Crippen LogP contribution in [0.2, 0.25) is 0 Å². The van der Waals surface area contributed by atoms with Gasteiger partial charge in [-0.05, 0) is 5.56 Å². The van der Waals surface area contributed by atoms with Gasteiger partial charge in [0.25, 0.3) is 0 Å². The van der Waals surface area contributed by atoms with Crippen LogP contribution in [-0.4, -0.2) is 23.0 Å². The number of imidazole rings is 1. The van der Waals surface area contributed by atoms with Crippen molar-refractivity contribution >= 4 is 9.84 Å². The van der Waals surface area contributed by atoms with Gasteiger partial charge in [-0.25, -0.2) is 18.4 Å². The minimum Gasteiger partial charge on any atom is -0.444 e. The maximum atomic E-state index is 12.7. The van der Waals surface area contributed by atoms with Crippen LogP contribution >= 0.6 is 0 Å². The van der Waals surface area contributed by atoms with E-state index in [-0.39, 0.29) is 22.7 Å². The van der Waals surface area contributed by atoms with Gasteiger partial charge in [-0.15, -0.1) is 0 Å². The Labute approximate surface area is 141 Å². The summed E-state index contributed by atoms with van der Waals surface area (Å²) in [4.78, 5) is 8.17. The molecule has 0 N–H and O–H groups in total. The highest BCUT2D eigenvalue weighted by Gasteiger charge is 2.25. The Morgan fingerprint density at radius 3 is 2.46 bits per heavy atom. The lowest BCUT2D eigenvalue weighted by atomic mass is 10.2. The molecule has 0 spiro atoms. The van der Waals surface area contributed by atoms with E-state index in [0.717, 1.165) is 11.3 Å². The molecule has 7 heteroatoms. The second-order valence-electron chi connectivity index (χ2n) is 5.92. The Balaban J connectivity index is 1.91. The number of benzene rings is 1. The van der Waals surface area contributed by atoms with Crippen molar-refractivity contribution in [3.05, 3.63) is 54.4 Å². The summed E-state index contributed by atoms with van der Waals surface area (Å²) in [6, 6.07) is 9.53. The fourth-order valence-electron chi connectivity index (χ4n) is 2.44. The van der Waals surface area contributed by atoms with Crippen molar-refractivity contribution in [2.75, 3.05) is 0 Å². The van der Waals surface area contributed by atoms with Gasteiger partial charge in [0.15, 0.2) is 0 Å². The zero-order valence-electron chi connectivity index (χ0n) is 13.8. The predicted molar refractivity (Wildman–Crippen MR) is 90.1 cm³/mol. The summed E-state index contributed by atoms with van der Waals surface area (Å²) in [5.41, 5.74) is 1.65. The summed E-state index contributed by atoms with van der Waals surface area (Å²) >= 11 is 0. The van der Waals surface area contributed by atoms with Gasteiger partial charge in [0, 0.05) is 13.0 Å². The van der Waals surface area contributed by atoms with E-state index in [4.69, 9.17) is 4.42 Å². The zero-order chi connectivity index (χ0) is 17.3. The summed E-state index contributed by atoms with van der Waals surface area (Å²) in [5.74, 6) is 0.707. The quantitative estimate of drug-likeness (QED) is 0.710. The van der Waals surface area contributed by atoms with E-state index < -0.39 is 9.84 Å². The highest BCUT2D eigenvalue weighted by atomic mass is 32.2. The molecular weight excluding hydrogens is 326 g/mol. The van der Waals surface area contributed by atoms with Crippen LogP contribution in [0.25, 0.3) is 11.3 Å². The molecule has 0 aliphatic rings. The Morgan fingerprint density at radius 2 is 1.83 bits per heavy atom. The number of sulfone groups is 1. The van der Waals surface area contributed by atoms with Crippen LogP contribution in [-0.2, 0) is 22.6 Å². The van der Waals surface area contributed by atoms with E-state index in [2.05, 4.69) is 9.97 Å². The minimum absolute atomic E-state index is 0.00523. The van der Waals surface area contributed by atoms with Crippen LogP contribution in [0.5, 0.6) is 0 Å². The molecule has 126 valence electrons. The SMILES string of the molecule is CC(C)c1cnc(CS(=O)(=O)c2ncc(-c3ccccc3)n2C)o1. The van der Waals surface area contributed by atoms with Crippen molar-refractivity contribution in [3.8, 4) is 11.3 Å². The first-order chi connectivity index (χ1) is 11.4. The number of aromatic nitrogens is 3. The Hall–Kier alpha value is -2.41. The highest BCUT2D eigenvalue weighted by Crippen LogP contribution is 2.24. The fraction of sp³-hybridized carbons (Fsp3) is 0.294. The molecule has 0 unspecified atom stereocenters. The summed E-state index contributed by atoms with van der Waals surface area (Å²) < 4.78 is 32.4. The van der Waals surface area contributed by atoms with Gasteiger partial charge in [0.1, 0.15) is 11.5 Å². The van der Waals surface area contributed by atoms with Crippen LogP contribution in [0.1, 0.15) is 31.4 Å². The van der Waals surface area contributed by atoms with Gasteiger partial charge in [-0.1, -0.05) is 44.2 Å². The second-order valence-corrected chi connectivity index (χ2v) is 7.80. The molecule has 0 fully saturated rings. The molecule has 24 heavy (non-hydrogen) atoms. The number of oxazole rings is 1. The van der Waals surface area contributed by atoms with Crippen LogP contribution in [0, 0.1) is 0 Å². The third-order valence-electron chi connectivity index (χ3n) is 3.75. The standard InChI is InChI=1S/C17H19N3O3S/c1-12(2)15-10-18-16(23-15)11-24(21,22)17-19-9-14(20(17)3)13-7-5-4-6-8-13/h4-10,12H,11H2,1-3H3. The van der Waals surface area contributed by atoms with Crippen molar-refractivity contribution < 1.29 is 12.8 Å². The van der Waals surface area contributed by atoms with Gasteiger partial charge in [-0.2, -0.15) is 0 Å². The van der Waals surface area contributed by atoms with Crippen LogP contribution in [0.15, 0.2) is 52.3 Å². The lowest BCUT2D eigenvalue weighted by Crippen LogP contribution is -2.11. The molecule has 0 saturated heterocycles. The first-order valence-corrected chi connectivity index (χ1v) is 9.28. The molecule has 0 atom stereocenters. The molecule has 1 aromatic carbocycles. The molecule has 0 radical (unpaired) electrons. The van der Waals surface area contributed by atoms with Crippen LogP contribution in [0.4, 0.5) is 0 Å². The monoisotopic (exact) mass is 345 g/mol. The molecule has 3 aromatic rings. The molecule has 6 nitrogen and oxygen atoms in total. The van der Waals surface area contributed by atoms with E-state index >= 15 is 0 Å². The number of rotatable bonds is 5. The molecule has 0 bridgehead atoms. The molecule has 2 aromatic heterocycles. The maximum Gasteiger partial charge on any atom is 0.228 e. The topological polar surface area (TPSA) is 78.0 Å². The highest BCUT2D eigenvalue weighted by molar-refractivity contribution is 7.90. The molecule has 0 saturated carbocycles. The molecular formula is C17H19N3O3S. The smallest absolute Gasteiger partial charge is 0.228 e. The summed E-state index contributed by atoms with van der Waals surface area (Å²) in [6.45, 7) is 3.92. The third kappa shape index (κ3) is 3.12. The molecule has 0 aliphatic carbocycles. The van der Waals surface area contributed by atoms with Gasteiger partial charge in [-0.3, -0.25) is 0 Å². The molecule has 0 amide bonds. The molecule has 0 aliphatic heterocycles. The molecule has 2 heterocycles. The lowest BCUT2D eigenvalue weighted by molar-refractivity contribution is 0.449. The van der Waals surface area contributed by atoms with Gasteiger partial charge in [0.2, 0.25) is 20.9 Å². The van der Waals surface area contributed by atoms with E-state index in [1.165, 1.54) is 0 Å². The largest absolute Gasteiger partial charge is 0.444 e. The summed E-state index contributed by atoms with van der Waals surface area (Å²) in [5, 5.41) is 0.00523. The van der Waals surface area contributed by atoms with Crippen molar-refractivity contribution in [1.29, 1.82) is 0 Å². The van der Waals surface area contributed by atoms with Crippen molar-refractivity contribution in [3.63, 3.8) is 0 Å². The van der Waals surface area contributed by atoms with E-state index in [0.29, 0.717) is 5.76 Å². The zero-order valence-corrected chi connectivity index (χ0v) is 14.6. The second kappa shape index (κ2) is 6.24. The predicted octanol–water partition coefficient (Wildman–Crippen LogP) is 3.17. The first kappa shape index (κ1) is 16.4.